The summed E-state index contributed by atoms with van der Waals surface area (Å²) in [7, 11) is 1.41. The van der Waals surface area contributed by atoms with Crippen LogP contribution in [0.3, 0.4) is 0 Å². The number of fused-ring (bicyclic) bond motifs is 1. The average molecular weight is 219 g/mol. The van der Waals surface area contributed by atoms with Crippen molar-refractivity contribution in [2.75, 3.05) is 13.7 Å². The number of nitrogens with one attached hydrogen (secondary N) is 1. The molecule has 0 heterocycles. The van der Waals surface area contributed by atoms with Gasteiger partial charge in [-0.3, -0.25) is 0 Å². The van der Waals surface area contributed by atoms with Crippen LogP contribution in [-0.4, -0.2) is 19.6 Å². The second-order valence-electron chi connectivity index (χ2n) is 4.05. The maximum Gasteiger partial charge on any atom is 0.337 e. The summed E-state index contributed by atoms with van der Waals surface area (Å²) in [6, 6.07) is 6.24. The van der Waals surface area contributed by atoms with Gasteiger partial charge < -0.3 is 10.1 Å². The lowest BCUT2D eigenvalue weighted by Gasteiger charge is -2.12. The van der Waals surface area contributed by atoms with Crippen molar-refractivity contribution in [1.82, 2.24) is 5.32 Å². The van der Waals surface area contributed by atoms with E-state index in [0.717, 1.165) is 19.4 Å². The van der Waals surface area contributed by atoms with Gasteiger partial charge in [0.25, 0.3) is 0 Å². The van der Waals surface area contributed by atoms with Crippen molar-refractivity contribution in [3.8, 4) is 0 Å². The highest BCUT2D eigenvalue weighted by Gasteiger charge is 2.22. The SMILES string of the molecule is CCNC1CCc2ccc(C(=O)OC)cc21. The number of aryl methyl sites for hydroxylation is 1. The molecule has 16 heavy (non-hydrogen) atoms. The minimum Gasteiger partial charge on any atom is -0.465 e. The normalized spacial score (nSPS) is 18.2. The molecule has 1 aromatic carbocycles. The van der Waals surface area contributed by atoms with E-state index in [1.165, 1.54) is 18.2 Å². The van der Waals surface area contributed by atoms with Crippen LogP contribution in [0, 0.1) is 0 Å². The van der Waals surface area contributed by atoms with Gasteiger partial charge in [-0.1, -0.05) is 13.0 Å². The molecule has 1 atom stereocenters. The molecule has 0 bridgehead atoms. The number of methoxy groups -OCH3 is 1. The Kier molecular flexibility index (Phi) is 3.25. The molecule has 1 aliphatic rings. The third-order valence-electron chi connectivity index (χ3n) is 3.10. The molecule has 1 aromatic rings. The molecule has 86 valence electrons. The summed E-state index contributed by atoms with van der Waals surface area (Å²) in [5, 5.41) is 3.43. The van der Waals surface area contributed by atoms with E-state index in [0.29, 0.717) is 11.6 Å². The second kappa shape index (κ2) is 4.66. The number of carbonyl (C=O) groups excluding carboxylic acids is 1. The topological polar surface area (TPSA) is 38.3 Å². The zero-order valence-corrected chi connectivity index (χ0v) is 9.75. The third-order valence-corrected chi connectivity index (χ3v) is 3.10. The van der Waals surface area contributed by atoms with Crippen LogP contribution in [0.15, 0.2) is 18.2 Å². The van der Waals surface area contributed by atoms with E-state index in [9.17, 15) is 4.79 Å². The standard InChI is InChI=1S/C13H17NO2/c1-3-14-12-7-6-9-4-5-10(8-11(9)12)13(15)16-2/h4-5,8,12,14H,3,6-7H2,1-2H3. The maximum absolute atomic E-state index is 11.4. The third kappa shape index (κ3) is 1.95. The van der Waals surface area contributed by atoms with Crippen LogP contribution >= 0.6 is 0 Å². The molecular weight excluding hydrogens is 202 g/mol. The van der Waals surface area contributed by atoms with Gasteiger partial charge in [-0.2, -0.15) is 0 Å². The van der Waals surface area contributed by atoms with E-state index >= 15 is 0 Å². The van der Waals surface area contributed by atoms with Crippen molar-refractivity contribution in [3.63, 3.8) is 0 Å². The molecule has 1 aliphatic carbocycles. The van der Waals surface area contributed by atoms with Gasteiger partial charge in [0.1, 0.15) is 0 Å². The van der Waals surface area contributed by atoms with Gasteiger partial charge in [0.2, 0.25) is 0 Å². The number of rotatable bonds is 3. The molecule has 0 spiro atoms. The lowest BCUT2D eigenvalue weighted by Crippen LogP contribution is -2.18. The summed E-state index contributed by atoms with van der Waals surface area (Å²) >= 11 is 0. The van der Waals surface area contributed by atoms with E-state index < -0.39 is 0 Å². The van der Waals surface area contributed by atoms with Crippen molar-refractivity contribution < 1.29 is 9.53 Å². The van der Waals surface area contributed by atoms with Gasteiger partial charge in [0, 0.05) is 6.04 Å². The van der Waals surface area contributed by atoms with Gasteiger partial charge in [0.15, 0.2) is 0 Å². The average Bonchev–Trinajstić information content (AvgIpc) is 2.71. The molecule has 0 fully saturated rings. The first-order valence-electron chi connectivity index (χ1n) is 5.70. The first-order chi connectivity index (χ1) is 7.76. The fourth-order valence-corrected chi connectivity index (χ4v) is 2.31. The predicted molar refractivity (Wildman–Crippen MR) is 62.5 cm³/mol. The number of carbonyl (C=O) groups is 1. The zero-order valence-electron chi connectivity index (χ0n) is 9.75. The van der Waals surface area contributed by atoms with Crippen molar-refractivity contribution in [2.24, 2.45) is 0 Å². The van der Waals surface area contributed by atoms with E-state index in [2.05, 4.69) is 12.2 Å². The van der Waals surface area contributed by atoms with Crippen LogP contribution in [0.5, 0.6) is 0 Å². The number of esters is 1. The summed E-state index contributed by atoms with van der Waals surface area (Å²) < 4.78 is 4.73. The van der Waals surface area contributed by atoms with E-state index in [-0.39, 0.29) is 5.97 Å². The summed E-state index contributed by atoms with van der Waals surface area (Å²) in [5.74, 6) is -0.259. The van der Waals surface area contributed by atoms with E-state index in [1.54, 1.807) is 0 Å². The highest BCUT2D eigenvalue weighted by atomic mass is 16.5. The monoisotopic (exact) mass is 219 g/mol. The molecule has 1 N–H and O–H groups in total. The Morgan fingerprint density at radius 1 is 1.56 bits per heavy atom. The Hall–Kier alpha value is -1.35. The minimum atomic E-state index is -0.259. The molecule has 0 saturated heterocycles. The first kappa shape index (κ1) is 11.1. The Labute approximate surface area is 95.8 Å². The Morgan fingerprint density at radius 2 is 2.38 bits per heavy atom. The Bertz CT molecular complexity index is 399. The molecule has 0 amide bonds. The fraction of sp³-hybridized carbons (Fsp3) is 0.462. The molecule has 2 rings (SSSR count). The van der Waals surface area contributed by atoms with Crippen molar-refractivity contribution in [1.29, 1.82) is 0 Å². The molecule has 0 saturated carbocycles. The molecular formula is C13H17NO2. The summed E-state index contributed by atoms with van der Waals surface area (Å²) in [4.78, 5) is 11.4. The molecule has 3 heteroatoms. The molecule has 0 radical (unpaired) electrons. The molecule has 1 unspecified atom stereocenters. The van der Waals surface area contributed by atoms with Crippen LogP contribution in [0.25, 0.3) is 0 Å². The molecule has 0 aromatic heterocycles. The van der Waals surface area contributed by atoms with Gasteiger partial charge in [-0.15, -0.1) is 0 Å². The number of hydrogen-bond acceptors (Lipinski definition) is 3. The van der Waals surface area contributed by atoms with Gasteiger partial charge >= 0.3 is 5.97 Å². The summed E-state index contributed by atoms with van der Waals surface area (Å²) in [5.41, 5.74) is 3.24. The zero-order chi connectivity index (χ0) is 11.5. The molecule has 0 aliphatic heterocycles. The lowest BCUT2D eigenvalue weighted by molar-refractivity contribution is 0.0600. The van der Waals surface area contributed by atoms with Gasteiger partial charge in [-0.25, -0.2) is 4.79 Å². The quantitative estimate of drug-likeness (QED) is 0.791. The van der Waals surface area contributed by atoms with Crippen molar-refractivity contribution in [3.05, 3.63) is 34.9 Å². The maximum atomic E-state index is 11.4. The largest absolute Gasteiger partial charge is 0.465 e. The smallest absolute Gasteiger partial charge is 0.337 e. The Balaban J connectivity index is 2.29. The van der Waals surface area contributed by atoms with Crippen LogP contribution in [0.1, 0.15) is 40.9 Å². The predicted octanol–water partition coefficient (Wildman–Crippen LogP) is 2.07. The first-order valence-corrected chi connectivity index (χ1v) is 5.70. The van der Waals surface area contributed by atoms with Gasteiger partial charge in [0.05, 0.1) is 12.7 Å². The van der Waals surface area contributed by atoms with Gasteiger partial charge in [-0.05, 0) is 42.6 Å². The number of ether oxygens (including phenoxy) is 1. The fourth-order valence-electron chi connectivity index (χ4n) is 2.31. The number of hydrogen-bond donors (Lipinski definition) is 1. The van der Waals surface area contributed by atoms with Crippen molar-refractivity contribution in [2.45, 2.75) is 25.8 Å². The summed E-state index contributed by atoms with van der Waals surface area (Å²) in [6.45, 7) is 3.05. The highest BCUT2D eigenvalue weighted by molar-refractivity contribution is 5.89. The number of benzene rings is 1. The van der Waals surface area contributed by atoms with Crippen molar-refractivity contribution >= 4 is 5.97 Å². The summed E-state index contributed by atoms with van der Waals surface area (Å²) in [6.07, 6.45) is 2.21. The van der Waals surface area contributed by atoms with E-state index in [4.69, 9.17) is 4.74 Å². The van der Waals surface area contributed by atoms with E-state index in [1.807, 2.05) is 18.2 Å². The molecule has 3 nitrogen and oxygen atoms in total. The van der Waals surface area contributed by atoms with Crippen LogP contribution in [0.2, 0.25) is 0 Å². The Morgan fingerprint density at radius 3 is 3.06 bits per heavy atom. The second-order valence-corrected chi connectivity index (χ2v) is 4.05. The van der Waals surface area contributed by atoms with Crippen LogP contribution in [-0.2, 0) is 11.2 Å². The minimum absolute atomic E-state index is 0.259. The van der Waals surface area contributed by atoms with Crippen LogP contribution in [0.4, 0.5) is 0 Å². The highest BCUT2D eigenvalue weighted by Crippen LogP contribution is 2.31. The van der Waals surface area contributed by atoms with Crippen LogP contribution < -0.4 is 5.32 Å². The lowest BCUT2D eigenvalue weighted by atomic mass is 10.0.